The third-order valence-electron chi connectivity index (χ3n) is 2.04. The molecule has 2 rings (SSSR count). The van der Waals surface area contributed by atoms with Gasteiger partial charge in [-0.3, -0.25) is 0 Å². The van der Waals surface area contributed by atoms with Crippen LogP contribution in [0.3, 0.4) is 0 Å². The van der Waals surface area contributed by atoms with E-state index in [2.05, 4.69) is 9.72 Å². The maximum Gasteiger partial charge on any atom is 0.513 e. The van der Waals surface area contributed by atoms with Crippen LogP contribution < -0.4 is 4.74 Å². The topological polar surface area (TPSA) is 48.4 Å². The van der Waals surface area contributed by atoms with Crippen LogP contribution in [0.15, 0.2) is 12.3 Å². The summed E-state index contributed by atoms with van der Waals surface area (Å²) < 4.78 is 9.63. The number of carbonyl (C=O) groups is 1. The Hall–Kier alpha value is -1.33. The summed E-state index contributed by atoms with van der Waals surface area (Å²) >= 11 is 7.67. The largest absolute Gasteiger partial charge is 0.513 e. The first-order valence-corrected chi connectivity index (χ1v) is 6.20. The molecule has 0 unspecified atom stereocenters. The number of carbonyl (C=O) groups excluding carboxylic acids is 1. The number of halogens is 1. The second-order valence-corrected chi connectivity index (χ2v) is 4.91. The van der Waals surface area contributed by atoms with Crippen molar-refractivity contribution in [2.45, 2.75) is 13.8 Å². The number of hydrogen-bond donors (Lipinski definition) is 0. The number of hydrogen-bond acceptors (Lipinski definition) is 5. The van der Waals surface area contributed by atoms with Gasteiger partial charge in [-0.25, -0.2) is 9.78 Å². The van der Waals surface area contributed by atoms with Gasteiger partial charge in [0, 0.05) is 10.3 Å². The fourth-order valence-electron chi connectivity index (χ4n) is 1.37. The van der Waals surface area contributed by atoms with Crippen LogP contribution >= 0.6 is 22.9 Å². The molecule has 0 radical (unpaired) electrons. The van der Waals surface area contributed by atoms with E-state index in [1.165, 1.54) is 17.5 Å². The Balaban J connectivity index is 2.35. The number of pyridine rings is 1. The van der Waals surface area contributed by atoms with E-state index in [4.69, 9.17) is 16.3 Å². The van der Waals surface area contributed by atoms with Gasteiger partial charge >= 0.3 is 6.16 Å². The van der Waals surface area contributed by atoms with Gasteiger partial charge < -0.3 is 9.47 Å². The molecule has 0 fully saturated rings. The van der Waals surface area contributed by atoms with E-state index < -0.39 is 6.16 Å². The minimum Gasteiger partial charge on any atom is -0.434 e. The molecule has 0 N–H and O–H groups in total. The first kappa shape index (κ1) is 12.1. The number of ether oxygens (including phenoxy) is 2. The average Bonchev–Trinajstić information content (AvgIpc) is 2.64. The summed E-state index contributed by atoms with van der Waals surface area (Å²) in [7, 11) is 0. The molecule has 0 saturated heterocycles. The molecule has 2 aromatic heterocycles. The molecule has 6 heteroatoms. The number of aromatic nitrogens is 1. The molecule has 90 valence electrons. The Bertz CT molecular complexity index is 567. The summed E-state index contributed by atoms with van der Waals surface area (Å²) in [5, 5.41) is 1.17. The summed E-state index contributed by atoms with van der Waals surface area (Å²) in [6.45, 7) is 3.92. The van der Waals surface area contributed by atoms with Crippen molar-refractivity contribution in [3.8, 4) is 5.75 Å². The zero-order chi connectivity index (χ0) is 12.4. The molecule has 0 aliphatic heterocycles. The number of fused-ring (bicyclic) bond motifs is 1. The van der Waals surface area contributed by atoms with E-state index in [9.17, 15) is 4.79 Å². The number of thiophene rings is 1. The van der Waals surface area contributed by atoms with Gasteiger partial charge in [0.1, 0.15) is 4.83 Å². The fourth-order valence-corrected chi connectivity index (χ4v) is 2.52. The summed E-state index contributed by atoms with van der Waals surface area (Å²) in [4.78, 5) is 17.3. The third-order valence-corrected chi connectivity index (χ3v) is 3.39. The Morgan fingerprint density at radius 1 is 1.59 bits per heavy atom. The van der Waals surface area contributed by atoms with Gasteiger partial charge in [-0.2, -0.15) is 0 Å². The van der Waals surface area contributed by atoms with Crippen LogP contribution in [0, 0.1) is 6.92 Å². The average molecular weight is 272 g/mol. The number of nitrogens with zero attached hydrogens (tertiary/aromatic N) is 1. The quantitative estimate of drug-likeness (QED) is 0.780. The van der Waals surface area contributed by atoms with Gasteiger partial charge in [0.2, 0.25) is 0 Å². The molecular formula is C11H10ClNO3S. The van der Waals surface area contributed by atoms with Crippen molar-refractivity contribution in [2.75, 3.05) is 6.61 Å². The minimum atomic E-state index is -0.775. The summed E-state index contributed by atoms with van der Waals surface area (Å²) in [6.07, 6.45) is 0.653. The zero-order valence-electron chi connectivity index (χ0n) is 9.32. The van der Waals surface area contributed by atoms with Crippen LogP contribution in [-0.2, 0) is 4.74 Å². The van der Waals surface area contributed by atoms with Gasteiger partial charge in [0.05, 0.1) is 17.8 Å². The smallest absolute Gasteiger partial charge is 0.434 e. The predicted molar refractivity (Wildman–Crippen MR) is 67.0 cm³/mol. The molecule has 0 aliphatic rings. The van der Waals surface area contributed by atoms with Crippen molar-refractivity contribution in [2.24, 2.45) is 0 Å². The molecule has 0 aromatic carbocycles. The second kappa shape index (κ2) is 4.89. The molecule has 0 saturated carbocycles. The van der Waals surface area contributed by atoms with Gasteiger partial charge in [-0.05, 0) is 19.9 Å². The minimum absolute atomic E-state index is 0.218. The molecule has 0 atom stereocenters. The highest BCUT2D eigenvalue weighted by Gasteiger charge is 2.14. The van der Waals surface area contributed by atoms with E-state index in [1.807, 2.05) is 13.0 Å². The Labute approximate surface area is 107 Å². The lowest BCUT2D eigenvalue weighted by Crippen LogP contribution is -2.10. The molecule has 2 heterocycles. The first-order chi connectivity index (χ1) is 8.11. The lowest BCUT2D eigenvalue weighted by Gasteiger charge is -2.05. The highest BCUT2D eigenvalue weighted by atomic mass is 35.5. The van der Waals surface area contributed by atoms with Gasteiger partial charge in [0.15, 0.2) is 5.75 Å². The third kappa shape index (κ3) is 2.50. The molecule has 17 heavy (non-hydrogen) atoms. The van der Waals surface area contributed by atoms with Crippen molar-refractivity contribution >= 4 is 39.3 Å². The normalized spacial score (nSPS) is 10.5. The van der Waals surface area contributed by atoms with Crippen LogP contribution in [0.1, 0.15) is 11.8 Å². The highest BCUT2D eigenvalue weighted by molar-refractivity contribution is 7.18. The van der Waals surface area contributed by atoms with Crippen molar-refractivity contribution in [1.29, 1.82) is 0 Å². The van der Waals surface area contributed by atoms with Crippen LogP contribution in [0.4, 0.5) is 4.79 Å². The molecular weight excluding hydrogens is 262 g/mol. The molecule has 2 aromatic rings. The van der Waals surface area contributed by atoms with Gasteiger partial charge in [-0.1, -0.05) is 11.6 Å². The van der Waals surface area contributed by atoms with E-state index in [0.29, 0.717) is 5.02 Å². The number of rotatable bonds is 2. The van der Waals surface area contributed by atoms with Crippen LogP contribution in [0.5, 0.6) is 5.75 Å². The fraction of sp³-hybridized carbons (Fsp3) is 0.273. The lowest BCUT2D eigenvalue weighted by molar-refractivity contribution is 0.104. The van der Waals surface area contributed by atoms with Crippen molar-refractivity contribution in [3.05, 3.63) is 22.2 Å². The summed E-state index contributed by atoms with van der Waals surface area (Å²) in [5.41, 5.74) is 0. The SMILES string of the molecule is CCOC(=O)Oc1cnc2sc(C)cc2c1Cl. The van der Waals surface area contributed by atoms with E-state index >= 15 is 0 Å². The lowest BCUT2D eigenvalue weighted by atomic mass is 10.3. The maximum absolute atomic E-state index is 11.2. The summed E-state index contributed by atoms with van der Waals surface area (Å²) in [6, 6.07) is 1.91. The standard InChI is InChI=1S/C11H10ClNO3S/c1-3-15-11(14)16-8-5-13-10-7(9(8)12)4-6(2)17-10/h4-5H,3H2,1-2H3. The second-order valence-electron chi connectivity index (χ2n) is 3.30. The van der Waals surface area contributed by atoms with Gasteiger partial charge in [-0.15, -0.1) is 11.3 Å². The molecule has 0 aliphatic carbocycles. The van der Waals surface area contributed by atoms with E-state index in [1.54, 1.807) is 6.92 Å². The Morgan fingerprint density at radius 2 is 2.35 bits per heavy atom. The van der Waals surface area contributed by atoms with E-state index in [0.717, 1.165) is 15.1 Å². The maximum atomic E-state index is 11.2. The zero-order valence-corrected chi connectivity index (χ0v) is 10.9. The summed E-state index contributed by atoms with van der Waals surface area (Å²) in [5.74, 6) is 0.218. The van der Waals surface area contributed by atoms with Crippen LogP contribution in [-0.4, -0.2) is 17.7 Å². The first-order valence-electron chi connectivity index (χ1n) is 5.01. The number of aryl methyl sites for hydroxylation is 1. The molecule has 0 bridgehead atoms. The Morgan fingerprint density at radius 3 is 3.06 bits per heavy atom. The predicted octanol–water partition coefficient (Wildman–Crippen LogP) is 3.79. The van der Waals surface area contributed by atoms with Gasteiger partial charge in [0.25, 0.3) is 0 Å². The molecule has 4 nitrogen and oxygen atoms in total. The Kier molecular flexibility index (Phi) is 3.49. The van der Waals surface area contributed by atoms with Crippen molar-refractivity contribution < 1.29 is 14.3 Å². The monoisotopic (exact) mass is 271 g/mol. The molecule has 0 amide bonds. The highest BCUT2D eigenvalue weighted by Crippen LogP contribution is 2.35. The van der Waals surface area contributed by atoms with Crippen molar-refractivity contribution in [1.82, 2.24) is 4.98 Å². The van der Waals surface area contributed by atoms with E-state index in [-0.39, 0.29) is 12.4 Å². The van der Waals surface area contributed by atoms with Crippen LogP contribution in [0.2, 0.25) is 5.02 Å². The van der Waals surface area contributed by atoms with Crippen LogP contribution in [0.25, 0.3) is 10.2 Å². The molecule has 0 spiro atoms. The van der Waals surface area contributed by atoms with Crippen molar-refractivity contribution in [3.63, 3.8) is 0 Å².